The molecule has 1 atom stereocenters. The van der Waals surface area contributed by atoms with Crippen LogP contribution in [0, 0.1) is 12.7 Å². The summed E-state index contributed by atoms with van der Waals surface area (Å²) >= 11 is 5.33. The van der Waals surface area contributed by atoms with Crippen molar-refractivity contribution in [3.05, 3.63) is 55.9 Å². The normalized spacial score (nSPS) is 12.6. The number of benzene rings is 1. The second-order valence-corrected chi connectivity index (χ2v) is 6.63. The van der Waals surface area contributed by atoms with Gasteiger partial charge in [0.2, 0.25) is 0 Å². The zero-order valence-corrected chi connectivity index (χ0v) is 13.4. The Labute approximate surface area is 126 Å². The molecule has 0 saturated carbocycles. The molecule has 1 N–H and O–H groups in total. The van der Waals surface area contributed by atoms with E-state index in [4.69, 9.17) is 0 Å². The van der Waals surface area contributed by atoms with E-state index in [1.165, 1.54) is 21.9 Å². The van der Waals surface area contributed by atoms with Gasteiger partial charge in [-0.3, -0.25) is 0 Å². The molecule has 0 aliphatic carbocycles. The first-order valence-corrected chi connectivity index (χ1v) is 7.97. The number of nitrogens with one attached hydrogen (secondary N) is 1. The Morgan fingerprint density at radius 3 is 2.53 bits per heavy atom. The summed E-state index contributed by atoms with van der Waals surface area (Å²) < 4.78 is 14.2. The predicted octanol–water partition coefficient (Wildman–Crippen LogP) is 5.05. The van der Waals surface area contributed by atoms with Crippen molar-refractivity contribution in [2.75, 3.05) is 6.54 Å². The summed E-state index contributed by atoms with van der Waals surface area (Å²) in [6.45, 7) is 5.18. The van der Waals surface area contributed by atoms with E-state index in [1.807, 2.05) is 12.1 Å². The minimum atomic E-state index is -0.193. The van der Waals surface area contributed by atoms with Gasteiger partial charge in [0.1, 0.15) is 5.82 Å². The Kier molecular flexibility index (Phi) is 5.13. The number of rotatable bonds is 5. The maximum atomic E-state index is 13.0. The Hall–Kier alpha value is -0.710. The lowest BCUT2D eigenvalue weighted by Crippen LogP contribution is -2.22. The van der Waals surface area contributed by atoms with Crippen molar-refractivity contribution >= 4 is 27.3 Å². The van der Waals surface area contributed by atoms with Gasteiger partial charge in [-0.1, -0.05) is 19.1 Å². The molecule has 0 saturated heterocycles. The van der Waals surface area contributed by atoms with Crippen LogP contribution in [0.2, 0.25) is 0 Å². The Bertz CT molecular complexity index is 516. The molecule has 2 aromatic rings. The van der Waals surface area contributed by atoms with E-state index < -0.39 is 0 Å². The second kappa shape index (κ2) is 6.64. The third kappa shape index (κ3) is 3.65. The number of halogens is 2. The molecule has 1 aromatic heterocycles. The molecule has 0 radical (unpaired) electrons. The first-order valence-electron chi connectivity index (χ1n) is 6.36. The molecule has 0 bridgehead atoms. The van der Waals surface area contributed by atoms with Gasteiger partial charge in [-0.25, -0.2) is 4.39 Å². The summed E-state index contributed by atoms with van der Waals surface area (Å²) in [4.78, 5) is 2.52. The third-order valence-electron chi connectivity index (χ3n) is 2.96. The lowest BCUT2D eigenvalue weighted by molar-refractivity contribution is 0.599. The molecule has 0 fully saturated rings. The van der Waals surface area contributed by atoms with Crippen LogP contribution in [0.1, 0.15) is 34.7 Å². The van der Waals surface area contributed by atoms with Crippen LogP contribution in [0.5, 0.6) is 0 Å². The summed E-state index contributed by atoms with van der Waals surface area (Å²) in [6.07, 6.45) is 1.07. The van der Waals surface area contributed by atoms with Crippen LogP contribution < -0.4 is 5.32 Å². The van der Waals surface area contributed by atoms with Crippen LogP contribution >= 0.6 is 27.3 Å². The van der Waals surface area contributed by atoms with Crippen LogP contribution in [-0.2, 0) is 0 Å². The minimum absolute atomic E-state index is 0.135. The Balaban J connectivity index is 2.32. The number of thiophene rings is 1. The average Bonchev–Trinajstić information content (AvgIpc) is 2.72. The maximum absolute atomic E-state index is 13.0. The lowest BCUT2D eigenvalue weighted by Gasteiger charge is -2.17. The van der Waals surface area contributed by atoms with E-state index >= 15 is 0 Å². The number of hydrogen-bond donors (Lipinski definition) is 1. The Morgan fingerprint density at radius 1 is 1.32 bits per heavy atom. The molecule has 19 heavy (non-hydrogen) atoms. The van der Waals surface area contributed by atoms with Gasteiger partial charge in [-0.15, -0.1) is 11.3 Å². The van der Waals surface area contributed by atoms with Gasteiger partial charge >= 0.3 is 0 Å². The van der Waals surface area contributed by atoms with Gasteiger partial charge in [0.05, 0.1) is 6.04 Å². The molecular weight excluding hydrogens is 325 g/mol. The van der Waals surface area contributed by atoms with Crippen molar-refractivity contribution in [2.24, 2.45) is 0 Å². The van der Waals surface area contributed by atoms with Crippen molar-refractivity contribution in [3.63, 3.8) is 0 Å². The Morgan fingerprint density at radius 2 is 2.00 bits per heavy atom. The SMILES string of the molecule is CCCNC(c1ccc(F)cc1)c1cc(Br)c(C)s1. The zero-order chi connectivity index (χ0) is 13.8. The molecule has 2 rings (SSSR count). The highest BCUT2D eigenvalue weighted by molar-refractivity contribution is 9.10. The summed E-state index contributed by atoms with van der Waals surface area (Å²) in [5.74, 6) is -0.193. The first-order chi connectivity index (χ1) is 9.11. The molecule has 1 heterocycles. The van der Waals surface area contributed by atoms with Crippen LogP contribution in [-0.4, -0.2) is 6.54 Å². The summed E-state index contributed by atoms with van der Waals surface area (Å²) in [5.41, 5.74) is 1.10. The van der Waals surface area contributed by atoms with Gasteiger partial charge in [-0.05, 0) is 59.6 Å². The van der Waals surface area contributed by atoms with E-state index in [0.29, 0.717) is 0 Å². The van der Waals surface area contributed by atoms with Gasteiger partial charge in [0.25, 0.3) is 0 Å². The standard InChI is InChI=1S/C15H17BrFNS/c1-3-8-18-15(11-4-6-12(17)7-5-11)14-9-13(16)10(2)19-14/h4-7,9,15,18H,3,8H2,1-2H3. The van der Waals surface area contributed by atoms with E-state index in [9.17, 15) is 4.39 Å². The van der Waals surface area contributed by atoms with Crippen molar-refractivity contribution in [1.82, 2.24) is 5.32 Å². The molecule has 0 amide bonds. The summed E-state index contributed by atoms with van der Waals surface area (Å²) in [5, 5.41) is 3.53. The number of hydrogen-bond acceptors (Lipinski definition) is 2. The average molecular weight is 342 g/mol. The fraction of sp³-hybridized carbons (Fsp3) is 0.333. The fourth-order valence-corrected chi connectivity index (χ4v) is 3.62. The quantitative estimate of drug-likeness (QED) is 0.802. The lowest BCUT2D eigenvalue weighted by atomic mass is 10.1. The van der Waals surface area contributed by atoms with Crippen LogP contribution in [0.25, 0.3) is 0 Å². The molecule has 0 aliphatic rings. The van der Waals surface area contributed by atoms with Crippen molar-refractivity contribution in [3.8, 4) is 0 Å². The van der Waals surface area contributed by atoms with Gasteiger partial charge in [0, 0.05) is 14.2 Å². The smallest absolute Gasteiger partial charge is 0.123 e. The third-order valence-corrected chi connectivity index (χ3v) is 5.16. The first kappa shape index (κ1) is 14.7. The molecule has 102 valence electrons. The van der Waals surface area contributed by atoms with E-state index in [1.54, 1.807) is 11.3 Å². The highest BCUT2D eigenvalue weighted by Crippen LogP contribution is 2.33. The van der Waals surface area contributed by atoms with E-state index in [-0.39, 0.29) is 11.9 Å². The summed E-state index contributed by atoms with van der Waals surface area (Å²) in [7, 11) is 0. The molecule has 1 aromatic carbocycles. The van der Waals surface area contributed by atoms with Crippen LogP contribution in [0.3, 0.4) is 0 Å². The van der Waals surface area contributed by atoms with Crippen molar-refractivity contribution in [2.45, 2.75) is 26.3 Å². The maximum Gasteiger partial charge on any atom is 0.123 e. The largest absolute Gasteiger partial charge is 0.306 e. The molecule has 0 aliphatic heterocycles. The predicted molar refractivity (Wildman–Crippen MR) is 83.3 cm³/mol. The number of aryl methyl sites for hydroxylation is 1. The van der Waals surface area contributed by atoms with Gasteiger partial charge in [0.15, 0.2) is 0 Å². The van der Waals surface area contributed by atoms with Crippen molar-refractivity contribution < 1.29 is 4.39 Å². The van der Waals surface area contributed by atoms with Crippen LogP contribution in [0.15, 0.2) is 34.8 Å². The molecule has 4 heteroatoms. The van der Waals surface area contributed by atoms with Gasteiger partial charge in [-0.2, -0.15) is 0 Å². The molecule has 1 nitrogen and oxygen atoms in total. The highest BCUT2D eigenvalue weighted by Gasteiger charge is 2.16. The fourth-order valence-electron chi connectivity index (χ4n) is 1.95. The van der Waals surface area contributed by atoms with E-state index in [2.05, 4.69) is 41.2 Å². The van der Waals surface area contributed by atoms with Gasteiger partial charge < -0.3 is 5.32 Å². The minimum Gasteiger partial charge on any atom is -0.306 e. The monoisotopic (exact) mass is 341 g/mol. The zero-order valence-electron chi connectivity index (χ0n) is 11.0. The highest BCUT2D eigenvalue weighted by atomic mass is 79.9. The molecule has 0 spiro atoms. The summed E-state index contributed by atoms with van der Waals surface area (Å²) in [6, 6.07) is 9.03. The van der Waals surface area contributed by atoms with Crippen LogP contribution in [0.4, 0.5) is 4.39 Å². The van der Waals surface area contributed by atoms with E-state index in [0.717, 1.165) is 23.0 Å². The second-order valence-electron chi connectivity index (χ2n) is 4.49. The molecule has 1 unspecified atom stereocenters. The van der Waals surface area contributed by atoms with Crippen molar-refractivity contribution in [1.29, 1.82) is 0 Å². The molecular formula is C15H17BrFNS. The topological polar surface area (TPSA) is 12.0 Å².